The molecule has 1 heterocycles. The zero-order chi connectivity index (χ0) is 21.2. The molecule has 0 saturated heterocycles. The number of sulfone groups is 1. The van der Waals surface area contributed by atoms with Gasteiger partial charge in [-0.1, -0.05) is 19.1 Å². The van der Waals surface area contributed by atoms with Crippen molar-refractivity contribution in [2.45, 2.75) is 32.6 Å². The molecule has 3 rings (SSSR count). The fourth-order valence-electron chi connectivity index (χ4n) is 3.31. The number of amides is 1. The highest BCUT2D eigenvalue weighted by molar-refractivity contribution is 7.91. The number of nitrogens with zero attached hydrogens (tertiary/aromatic N) is 3. The van der Waals surface area contributed by atoms with Crippen LogP contribution in [0.2, 0.25) is 0 Å². The topological polar surface area (TPSA) is 72.3 Å². The number of hydrogen-bond acceptors (Lipinski definition) is 4. The van der Waals surface area contributed by atoms with Crippen molar-refractivity contribution >= 4 is 21.4 Å². The first-order valence-electron chi connectivity index (χ1n) is 9.55. The van der Waals surface area contributed by atoms with E-state index >= 15 is 0 Å². The van der Waals surface area contributed by atoms with E-state index in [0.29, 0.717) is 17.8 Å². The number of carbonyl (C=O) groups is 1. The number of anilines is 1. The molecule has 0 aliphatic heterocycles. The Bertz CT molecular complexity index is 1130. The molecule has 1 amide bonds. The van der Waals surface area contributed by atoms with Crippen LogP contribution in [0.5, 0.6) is 0 Å². The van der Waals surface area contributed by atoms with Gasteiger partial charge in [-0.2, -0.15) is 5.10 Å². The highest BCUT2D eigenvalue weighted by Gasteiger charge is 2.24. The van der Waals surface area contributed by atoms with Gasteiger partial charge in [0.15, 0.2) is 9.84 Å². The van der Waals surface area contributed by atoms with E-state index in [-0.39, 0.29) is 16.6 Å². The van der Waals surface area contributed by atoms with Crippen LogP contribution in [0, 0.1) is 13.8 Å². The van der Waals surface area contributed by atoms with Gasteiger partial charge in [0.2, 0.25) is 0 Å². The normalized spacial score (nSPS) is 11.4. The largest absolute Gasteiger partial charge is 0.307 e. The van der Waals surface area contributed by atoms with Gasteiger partial charge in [-0.25, -0.2) is 13.1 Å². The average molecular weight is 412 g/mol. The quantitative estimate of drug-likeness (QED) is 0.616. The summed E-state index contributed by atoms with van der Waals surface area (Å²) in [5.74, 6) is -0.265. The third-order valence-electron chi connectivity index (χ3n) is 4.80. The summed E-state index contributed by atoms with van der Waals surface area (Å²) < 4.78 is 26.8. The Kier molecular flexibility index (Phi) is 5.88. The summed E-state index contributed by atoms with van der Waals surface area (Å²) in [6, 6.07) is 15.8. The lowest BCUT2D eigenvalue weighted by Gasteiger charge is -2.24. The first-order chi connectivity index (χ1) is 13.8. The number of para-hydroxylation sites is 1. The maximum atomic E-state index is 13.2. The van der Waals surface area contributed by atoms with Crippen molar-refractivity contribution in [2.24, 2.45) is 0 Å². The minimum Gasteiger partial charge on any atom is -0.307 e. The van der Waals surface area contributed by atoms with E-state index in [0.717, 1.165) is 17.1 Å². The van der Waals surface area contributed by atoms with Crippen molar-refractivity contribution < 1.29 is 13.2 Å². The van der Waals surface area contributed by atoms with Gasteiger partial charge >= 0.3 is 0 Å². The van der Waals surface area contributed by atoms with E-state index in [1.54, 1.807) is 43.3 Å². The first-order valence-corrected chi connectivity index (χ1v) is 11.2. The van der Waals surface area contributed by atoms with Crippen molar-refractivity contribution in [3.63, 3.8) is 0 Å². The van der Waals surface area contributed by atoms with Gasteiger partial charge in [0, 0.05) is 17.8 Å². The third kappa shape index (κ3) is 4.10. The molecule has 0 unspecified atom stereocenters. The van der Waals surface area contributed by atoms with Gasteiger partial charge in [-0.05, 0) is 63.2 Å². The van der Waals surface area contributed by atoms with Gasteiger partial charge in [-0.3, -0.25) is 4.79 Å². The van der Waals surface area contributed by atoms with Gasteiger partial charge in [0.1, 0.15) is 0 Å². The first kappa shape index (κ1) is 20.8. The SMILES string of the molecule is CCN(C(=O)c1ccc(-n2nc(C)cc2C)cc1)c1ccccc1S(=O)(=O)CC. The molecule has 2 aromatic carbocycles. The van der Waals surface area contributed by atoms with Crippen LogP contribution in [-0.2, 0) is 9.84 Å². The molecule has 152 valence electrons. The van der Waals surface area contributed by atoms with Crippen molar-refractivity contribution in [1.82, 2.24) is 9.78 Å². The second kappa shape index (κ2) is 8.21. The van der Waals surface area contributed by atoms with Crippen LogP contribution < -0.4 is 4.90 Å². The Hall–Kier alpha value is -2.93. The Morgan fingerprint density at radius 1 is 1.03 bits per heavy atom. The van der Waals surface area contributed by atoms with E-state index in [9.17, 15) is 13.2 Å². The van der Waals surface area contributed by atoms with Crippen LogP contribution in [0.4, 0.5) is 5.69 Å². The fraction of sp³-hybridized carbons (Fsp3) is 0.273. The lowest BCUT2D eigenvalue weighted by molar-refractivity contribution is 0.0988. The Morgan fingerprint density at radius 2 is 1.69 bits per heavy atom. The van der Waals surface area contributed by atoms with E-state index in [2.05, 4.69) is 5.10 Å². The maximum absolute atomic E-state index is 13.2. The minimum atomic E-state index is -3.45. The summed E-state index contributed by atoms with van der Waals surface area (Å²) in [6.07, 6.45) is 0. The standard InChI is InChI=1S/C22H25N3O3S/c1-5-24(20-9-7-8-10-21(20)29(27,28)6-2)22(26)18-11-13-19(14-12-18)25-17(4)15-16(3)23-25/h7-15H,5-6H2,1-4H3. The molecule has 0 aliphatic rings. The molecule has 0 bridgehead atoms. The molecule has 0 radical (unpaired) electrons. The monoisotopic (exact) mass is 411 g/mol. The van der Waals surface area contributed by atoms with Crippen LogP contribution in [-0.4, -0.2) is 36.4 Å². The molecule has 0 N–H and O–H groups in total. The number of rotatable bonds is 6. The molecule has 1 aromatic heterocycles. The van der Waals surface area contributed by atoms with E-state index in [4.69, 9.17) is 0 Å². The summed E-state index contributed by atoms with van der Waals surface area (Å²) in [5, 5.41) is 4.46. The van der Waals surface area contributed by atoms with Crippen LogP contribution in [0.1, 0.15) is 35.6 Å². The molecule has 29 heavy (non-hydrogen) atoms. The number of benzene rings is 2. The highest BCUT2D eigenvalue weighted by atomic mass is 32.2. The molecular weight excluding hydrogens is 386 g/mol. The third-order valence-corrected chi connectivity index (χ3v) is 6.58. The zero-order valence-electron chi connectivity index (χ0n) is 17.1. The maximum Gasteiger partial charge on any atom is 0.258 e. The van der Waals surface area contributed by atoms with Crippen LogP contribution >= 0.6 is 0 Å². The number of aryl methyl sites for hydroxylation is 2. The van der Waals surface area contributed by atoms with Gasteiger partial charge < -0.3 is 4.90 Å². The van der Waals surface area contributed by atoms with Crippen molar-refractivity contribution in [3.8, 4) is 5.69 Å². The lowest BCUT2D eigenvalue weighted by Crippen LogP contribution is -2.32. The van der Waals surface area contributed by atoms with Crippen molar-refractivity contribution in [2.75, 3.05) is 17.2 Å². The van der Waals surface area contributed by atoms with Gasteiger partial charge in [-0.15, -0.1) is 0 Å². The van der Waals surface area contributed by atoms with E-state index < -0.39 is 9.84 Å². The lowest BCUT2D eigenvalue weighted by atomic mass is 10.1. The molecule has 0 spiro atoms. The highest BCUT2D eigenvalue weighted by Crippen LogP contribution is 2.27. The smallest absolute Gasteiger partial charge is 0.258 e. The van der Waals surface area contributed by atoms with Crippen LogP contribution in [0.25, 0.3) is 5.69 Å². The average Bonchev–Trinajstić information content (AvgIpc) is 3.07. The van der Waals surface area contributed by atoms with Crippen molar-refractivity contribution in [1.29, 1.82) is 0 Å². The van der Waals surface area contributed by atoms with Gasteiger partial charge in [0.25, 0.3) is 5.91 Å². The fourth-order valence-corrected chi connectivity index (χ4v) is 4.41. The Morgan fingerprint density at radius 3 is 2.24 bits per heavy atom. The zero-order valence-corrected chi connectivity index (χ0v) is 17.9. The minimum absolute atomic E-state index is 0.0207. The second-order valence-corrected chi connectivity index (χ2v) is 9.05. The predicted molar refractivity (Wildman–Crippen MR) is 115 cm³/mol. The second-order valence-electron chi connectivity index (χ2n) is 6.81. The van der Waals surface area contributed by atoms with E-state index in [1.807, 2.05) is 43.7 Å². The summed E-state index contributed by atoms with van der Waals surface area (Å²) >= 11 is 0. The predicted octanol–water partition coefficient (Wildman–Crippen LogP) is 3.95. The summed E-state index contributed by atoms with van der Waals surface area (Å²) in [4.78, 5) is 14.8. The molecule has 6 nitrogen and oxygen atoms in total. The molecule has 0 saturated carbocycles. The van der Waals surface area contributed by atoms with E-state index in [1.165, 1.54) is 4.90 Å². The summed E-state index contributed by atoms with van der Waals surface area (Å²) in [7, 11) is -3.45. The van der Waals surface area contributed by atoms with Crippen molar-refractivity contribution in [3.05, 3.63) is 71.5 Å². The number of aromatic nitrogens is 2. The Balaban J connectivity index is 1.96. The number of hydrogen-bond donors (Lipinski definition) is 0. The summed E-state index contributed by atoms with van der Waals surface area (Å²) in [6.45, 7) is 7.69. The molecule has 0 atom stereocenters. The molecule has 0 fully saturated rings. The molecule has 0 aliphatic carbocycles. The van der Waals surface area contributed by atoms with Crippen LogP contribution in [0.3, 0.4) is 0 Å². The molecular formula is C22H25N3O3S. The summed E-state index contributed by atoms with van der Waals surface area (Å²) in [5.41, 5.74) is 3.69. The molecule has 7 heteroatoms. The number of carbonyl (C=O) groups excluding carboxylic acids is 1. The molecule has 3 aromatic rings. The Labute approximate surface area is 171 Å². The van der Waals surface area contributed by atoms with Gasteiger partial charge in [0.05, 0.1) is 27.7 Å². The van der Waals surface area contributed by atoms with Crippen LogP contribution in [0.15, 0.2) is 59.5 Å².